The summed E-state index contributed by atoms with van der Waals surface area (Å²) < 4.78 is 5.03. The van der Waals surface area contributed by atoms with E-state index < -0.39 is 0 Å². The van der Waals surface area contributed by atoms with Gasteiger partial charge in [0.05, 0.1) is 34.3 Å². The molecule has 100 valence electrons. The highest BCUT2D eigenvalue weighted by Gasteiger charge is 2.14. The molecule has 0 atom stereocenters. The molecule has 0 aliphatic rings. The molecule has 0 saturated carbocycles. The highest BCUT2D eigenvalue weighted by molar-refractivity contribution is 7.09. The Morgan fingerprint density at radius 2 is 2.05 bits per heavy atom. The van der Waals surface area contributed by atoms with Crippen molar-refractivity contribution in [2.24, 2.45) is 0 Å². The van der Waals surface area contributed by atoms with E-state index in [-0.39, 0.29) is 5.97 Å². The average Bonchev–Trinajstić information content (AvgIpc) is 2.85. The Morgan fingerprint density at radius 1 is 1.26 bits per heavy atom. The minimum Gasteiger partial charge on any atom is -0.462 e. The van der Waals surface area contributed by atoms with E-state index in [1.807, 2.05) is 25.3 Å². The predicted octanol–water partition coefficient (Wildman–Crippen LogP) is 3.25. The predicted molar refractivity (Wildman–Crippen MR) is 75.4 cm³/mol. The van der Waals surface area contributed by atoms with Gasteiger partial charge < -0.3 is 4.74 Å². The normalized spacial score (nSPS) is 10.5. The largest absolute Gasteiger partial charge is 0.462 e. The molecular weight excluding hydrogens is 260 g/mol. The Morgan fingerprint density at radius 3 is 2.63 bits per heavy atom. The van der Waals surface area contributed by atoms with E-state index in [1.165, 1.54) is 0 Å². The number of carbonyl (C=O) groups excluding carboxylic acids is 1. The summed E-state index contributed by atoms with van der Waals surface area (Å²) in [6.07, 6.45) is 0.686. The zero-order valence-electron chi connectivity index (χ0n) is 11.3. The van der Waals surface area contributed by atoms with E-state index in [9.17, 15) is 4.79 Å². The van der Waals surface area contributed by atoms with Crippen LogP contribution >= 0.6 is 11.3 Å². The minimum atomic E-state index is -0.312. The van der Waals surface area contributed by atoms with E-state index in [4.69, 9.17) is 4.74 Å². The van der Waals surface area contributed by atoms with Crippen molar-refractivity contribution >= 4 is 17.3 Å². The number of carbonyl (C=O) groups is 1. The van der Waals surface area contributed by atoms with Gasteiger partial charge >= 0.3 is 5.97 Å². The van der Waals surface area contributed by atoms with Crippen molar-refractivity contribution in [2.75, 3.05) is 6.61 Å². The van der Waals surface area contributed by atoms with Crippen LogP contribution in [-0.4, -0.2) is 22.5 Å². The van der Waals surface area contributed by atoms with Gasteiger partial charge in [0, 0.05) is 5.38 Å². The van der Waals surface area contributed by atoms with Crippen LogP contribution < -0.4 is 0 Å². The van der Waals surface area contributed by atoms with Gasteiger partial charge in [0.2, 0.25) is 0 Å². The summed E-state index contributed by atoms with van der Waals surface area (Å²) in [6, 6.07) is 3.59. The van der Waals surface area contributed by atoms with E-state index in [1.54, 1.807) is 24.3 Å². The molecular formula is C14H16N2O2S. The maximum atomic E-state index is 11.8. The topological polar surface area (TPSA) is 52.1 Å². The Labute approximate surface area is 116 Å². The second-order valence-corrected chi connectivity index (χ2v) is 5.08. The summed E-state index contributed by atoms with van der Waals surface area (Å²) in [5.41, 5.74) is 2.95. The van der Waals surface area contributed by atoms with Crippen LogP contribution in [-0.2, 0) is 11.2 Å². The summed E-state index contributed by atoms with van der Waals surface area (Å²) in [6.45, 7) is 6.10. The lowest BCUT2D eigenvalue weighted by atomic mass is 10.1. The molecule has 0 aromatic carbocycles. The third-order valence-electron chi connectivity index (χ3n) is 2.69. The van der Waals surface area contributed by atoms with Crippen LogP contribution in [0.15, 0.2) is 17.5 Å². The molecule has 0 aliphatic carbocycles. The molecule has 5 heteroatoms. The summed E-state index contributed by atoms with van der Waals surface area (Å²) in [7, 11) is 0. The number of hydrogen-bond donors (Lipinski definition) is 0. The number of esters is 1. The van der Waals surface area contributed by atoms with Crippen LogP contribution in [0.2, 0.25) is 0 Å². The molecule has 0 spiro atoms. The first-order chi connectivity index (χ1) is 9.15. The molecule has 0 amide bonds. The van der Waals surface area contributed by atoms with Crippen molar-refractivity contribution in [3.8, 4) is 11.4 Å². The second kappa shape index (κ2) is 5.93. The zero-order chi connectivity index (χ0) is 13.8. The summed E-state index contributed by atoms with van der Waals surface area (Å²) >= 11 is 1.59. The number of nitrogens with zero attached hydrogens (tertiary/aromatic N) is 2. The molecule has 0 radical (unpaired) electrons. The molecule has 0 N–H and O–H groups in total. The summed E-state index contributed by atoms with van der Waals surface area (Å²) in [5.74, 6) is -0.312. The van der Waals surface area contributed by atoms with Crippen molar-refractivity contribution < 1.29 is 9.53 Å². The first kappa shape index (κ1) is 13.7. The van der Waals surface area contributed by atoms with Crippen molar-refractivity contribution in [3.05, 3.63) is 33.8 Å². The van der Waals surface area contributed by atoms with Crippen molar-refractivity contribution in [2.45, 2.75) is 27.2 Å². The zero-order valence-corrected chi connectivity index (χ0v) is 12.1. The Bertz CT molecular complexity index is 593. The van der Waals surface area contributed by atoms with Gasteiger partial charge in [0.15, 0.2) is 0 Å². The SMILES string of the molecule is CCOC(=O)c1ccc(-c2csc(C)n2)nc1CC. The van der Waals surface area contributed by atoms with E-state index in [0.717, 1.165) is 22.1 Å². The van der Waals surface area contributed by atoms with Crippen LogP contribution in [0.1, 0.15) is 34.9 Å². The van der Waals surface area contributed by atoms with Crippen LogP contribution in [0.25, 0.3) is 11.4 Å². The molecule has 2 rings (SSSR count). The van der Waals surface area contributed by atoms with Gasteiger partial charge in [-0.15, -0.1) is 11.3 Å². The van der Waals surface area contributed by atoms with Gasteiger partial charge in [-0.2, -0.15) is 0 Å². The smallest absolute Gasteiger partial charge is 0.339 e. The first-order valence-corrected chi connectivity index (χ1v) is 7.13. The van der Waals surface area contributed by atoms with Crippen molar-refractivity contribution in [1.29, 1.82) is 0 Å². The fourth-order valence-corrected chi connectivity index (χ4v) is 2.40. The Kier molecular flexibility index (Phi) is 4.27. The number of thiazole rings is 1. The third kappa shape index (κ3) is 2.98. The first-order valence-electron chi connectivity index (χ1n) is 6.25. The van der Waals surface area contributed by atoms with Gasteiger partial charge in [-0.3, -0.25) is 4.98 Å². The molecule has 0 bridgehead atoms. The second-order valence-electron chi connectivity index (χ2n) is 4.02. The molecule has 19 heavy (non-hydrogen) atoms. The van der Waals surface area contributed by atoms with Gasteiger partial charge in [0.1, 0.15) is 0 Å². The molecule has 0 unspecified atom stereocenters. The Hall–Kier alpha value is -1.75. The number of rotatable bonds is 4. The van der Waals surface area contributed by atoms with E-state index in [0.29, 0.717) is 18.6 Å². The standard InChI is InChI=1S/C14H16N2O2S/c1-4-11-10(14(17)18-5-2)6-7-12(16-11)13-8-19-9(3)15-13/h6-8H,4-5H2,1-3H3. The maximum absolute atomic E-state index is 11.8. The van der Waals surface area contributed by atoms with E-state index in [2.05, 4.69) is 9.97 Å². The maximum Gasteiger partial charge on any atom is 0.339 e. The number of hydrogen-bond acceptors (Lipinski definition) is 5. The van der Waals surface area contributed by atoms with Gasteiger partial charge in [-0.25, -0.2) is 9.78 Å². The highest BCUT2D eigenvalue weighted by Crippen LogP contribution is 2.21. The van der Waals surface area contributed by atoms with Crippen molar-refractivity contribution in [1.82, 2.24) is 9.97 Å². The van der Waals surface area contributed by atoms with Crippen LogP contribution in [0.3, 0.4) is 0 Å². The lowest BCUT2D eigenvalue weighted by Crippen LogP contribution is -2.09. The fourth-order valence-electron chi connectivity index (χ4n) is 1.79. The molecule has 2 aromatic rings. The fraction of sp³-hybridized carbons (Fsp3) is 0.357. The lowest BCUT2D eigenvalue weighted by Gasteiger charge is -2.07. The monoisotopic (exact) mass is 276 g/mol. The number of ether oxygens (including phenoxy) is 1. The van der Waals surface area contributed by atoms with Crippen molar-refractivity contribution in [3.63, 3.8) is 0 Å². The highest BCUT2D eigenvalue weighted by atomic mass is 32.1. The number of pyridine rings is 1. The summed E-state index contributed by atoms with van der Waals surface area (Å²) in [4.78, 5) is 20.7. The van der Waals surface area contributed by atoms with Crippen LogP contribution in [0.4, 0.5) is 0 Å². The average molecular weight is 276 g/mol. The number of aryl methyl sites for hydroxylation is 2. The molecule has 4 nitrogen and oxygen atoms in total. The third-order valence-corrected chi connectivity index (χ3v) is 3.46. The summed E-state index contributed by atoms with van der Waals surface area (Å²) in [5, 5.41) is 2.98. The number of aromatic nitrogens is 2. The minimum absolute atomic E-state index is 0.312. The Balaban J connectivity index is 2.38. The quantitative estimate of drug-likeness (QED) is 0.804. The molecule has 0 saturated heterocycles. The van der Waals surface area contributed by atoms with E-state index >= 15 is 0 Å². The van der Waals surface area contributed by atoms with Gasteiger partial charge in [0.25, 0.3) is 0 Å². The molecule has 2 heterocycles. The van der Waals surface area contributed by atoms with Gasteiger partial charge in [-0.1, -0.05) is 6.92 Å². The molecule has 0 fully saturated rings. The molecule has 2 aromatic heterocycles. The lowest BCUT2D eigenvalue weighted by molar-refractivity contribution is 0.0524. The van der Waals surface area contributed by atoms with Gasteiger partial charge in [-0.05, 0) is 32.4 Å². The van der Waals surface area contributed by atoms with Crippen LogP contribution in [0, 0.1) is 6.92 Å². The molecule has 0 aliphatic heterocycles. The van der Waals surface area contributed by atoms with Crippen LogP contribution in [0.5, 0.6) is 0 Å².